The molecule has 0 bridgehead atoms. The number of nitriles is 1. The Morgan fingerprint density at radius 2 is 2.00 bits per heavy atom. The quantitative estimate of drug-likeness (QED) is 0.625. The molecule has 2 aromatic carbocycles. The molecule has 2 aromatic rings. The maximum atomic E-state index is 11.0. The van der Waals surface area contributed by atoms with Crippen LogP contribution in [0.1, 0.15) is 16.7 Å². The van der Waals surface area contributed by atoms with Crippen LogP contribution in [0.25, 0.3) is 0 Å². The molecule has 0 heterocycles. The van der Waals surface area contributed by atoms with Crippen LogP contribution < -0.4 is 4.74 Å². The molecular weight excluding hydrogens is 256 g/mol. The summed E-state index contributed by atoms with van der Waals surface area (Å²) in [5.41, 5.74) is 1.80. The molecule has 0 fully saturated rings. The van der Waals surface area contributed by atoms with Crippen molar-refractivity contribution >= 4 is 5.69 Å². The number of benzene rings is 2. The molecule has 0 spiro atoms. The molecular formula is C15H12N2O3. The molecule has 0 saturated carbocycles. The van der Waals surface area contributed by atoms with Crippen LogP contribution in [0, 0.1) is 35.3 Å². The van der Waals surface area contributed by atoms with Crippen molar-refractivity contribution < 1.29 is 9.66 Å². The second-order valence-electron chi connectivity index (χ2n) is 4.39. The molecule has 0 saturated heterocycles. The Morgan fingerprint density at radius 1 is 1.25 bits per heavy atom. The van der Waals surface area contributed by atoms with E-state index in [0.717, 1.165) is 5.56 Å². The Labute approximate surface area is 116 Å². The van der Waals surface area contributed by atoms with Crippen molar-refractivity contribution in [2.45, 2.75) is 13.8 Å². The van der Waals surface area contributed by atoms with Crippen LogP contribution in [0.5, 0.6) is 11.5 Å². The molecule has 0 aromatic heterocycles. The van der Waals surface area contributed by atoms with E-state index in [0.29, 0.717) is 16.9 Å². The Balaban J connectivity index is 2.51. The van der Waals surface area contributed by atoms with Gasteiger partial charge in [-0.05, 0) is 37.1 Å². The van der Waals surface area contributed by atoms with Gasteiger partial charge >= 0.3 is 5.69 Å². The summed E-state index contributed by atoms with van der Waals surface area (Å²) in [7, 11) is 0. The van der Waals surface area contributed by atoms with Gasteiger partial charge in [-0.1, -0.05) is 18.2 Å². The maximum Gasteiger partial charge on any atom is 0.311 e. The van der Waals surface area contributed by atoms with E-state index in [9.17, 15) is 10.1 Å². The Kier molecular flexibility index (Phi) is 3.67. The number of hydrogen-bond donors (Lipinski definition) is 0. The summed E-state index contributed by atoms with van der Waals surface area (Å²) in [6, 6.07) is 11.8. The first-order chi connectivity index (χ1) is 9.52. The zero-order valence-electron chi connectivity index (χ0n) is 11.1. The fraction of sp³-hybridized carbons (Fsp3) is 0.133. The molecule has 5 heteroatoms. The van der Waals surface area contributed by atoms with Crippen molar-refractivity contribution in [2.75, 3.05) is 0 Å². The number of para-hydroxylation sites is 1. The minimum atomic E-state index is -0.497. The van der Waals surface area contributed by atoms with Crippen LogP contribution in [0.3, 0.4) is 0 Å². The van der Waals surface area contributed by atoms with Gasteiger partial charge in [-0.25, -0.2) is 0 Å². The summed E-state index contributed by atoms with van der Waals surface area (Å²) in [4.78, 5) is 10.5. The average molecular weight is 268 g/mol. The van der Waals surface area contributed by atoms with Crippen LogP contribution in [-0.4, -0.2) is 4.92 Å². The summed E-state index contributed by atoms with van der Waals surface area (Å²) >= 11 is 0. The molecule has 0 N–H and O–H groups in total. The van der Waals surface area contributed by atoms with Crippen molar-refractivity contribution in [1.82, 2.24) is 0 Å². The zero-order valence-corrected chi connectivity index (χ0v) is 11.1. The number of hydrogen-bond acceptors (Lipinski definition) is 4. The molecule has 20 heavy (non-hydrogen) atoms. The van der Waals surface area contributed by atoms with Gasteiger partial charge in [0.25, 0.3) is 0 Å². The topological polar surface area (TPSA) is 76.2 Å². The lowest BCUT2D eigenvalue weighted by atomic mass is 10.1. The van der Waals surface area contributed by atoms with E-state index in [2.05, 4.69) is 0 Å². The van der Waals surface area contributed by atoms with Gasteiger partial charge in [-0.15, -0.1) is 0 Å². The van der Waals surface area contributed by atoms with E-state index in [-0.39, 0.29) is 11.4 Å². The third-order valence-electron chi connectivity index (χ3n) is 2.86. The van der Waals surface area contributed by atoms with Crippen molar-refractivity contribution in [3.05, 3.63) is 63.2 Å². The largest absolute Gasteiger partial charge is 0.448 e. The standard InChI is InChI=1S/C15H12N2O3/c1-10-6-7-14(12(8-10)9-16)20-15-11(2)4-3-5-13(15)17(18)19/h3-8H,1-2H3. The van der Waals surface area contributed by atoms with Crippen molar-refractivity contribution in [3.8, 4) is 17.6 Å². The van der Waals surface area contributed by atoms with Crippen molar-refractivity contribution in [3.63, 3.8) is 0 Å². The average Bonchev–Trinajstić information content (AvgIpc) is 2.42. The van der Waals surface area contributed by atoms with Gasteiger partial charge in [0.2, 0.25) is 5.75 Å². The van der Waals surface area contributed by atoms with Gasteiger partial charge in [0, 0.05) is 6.07 Å². The number of aryl methyl sites for hydroxylation is 2. The van der Waals surface area contributed by atoms with Crippen LogP contribution in [0.4, 0.5) is 5.69 Å². The Hall–Kier alpha value is -2.87. The fourth-order valence-corrected chi connectivity index (χ4v) is 1.84. The molecule has 0 aliphatic heterocycles. The van der Waals surface area contributed by atoms with Gasteiger partial charge in [0.05, 0.1) is 10.5 Å². The fourth-order valence-electron chi connectivity index (χ4n) is 1.84. The highest BCUT2D eigenvalue weighted by Gasteiger charge is 2.18. The van der Waals surface area contributed by atoms with E-state index < -0.39 is 4.92 Å². The first-order valence-electron chi connectivity index (χ1n) is 5.95. The lowest BCUT2D eigenvalue weighted by Crippen LogP contribution is -1.97. The van der Waals surface area contributed by atoms with E-state index in [1.165, 1.54) is 6.07 Å². The number of nitro groups is 1. The highest BCUT2D eigenvalue weighted by molar-refractivity contribution is 5.55. The van der Waals surface area contributed by atoms with Crippen LogP contribution in [-0.2, 0) is 0 Å². The first kappa shape index (κ1) is 13.6. The van der Waals surface area contributed by atoms with Crippen LogP contribution >= 0.6 is 0 Å². The molecule has 0 radical (unpaired) electrons. The molecule has 0 unspecified atom stereocenters. The summed E-state index contributed by atoms with van der Waals surface area (Å²) < 4.78 is 5.61. The second-order valence-corrected chi connectivity index (χ2v) is 4.39. The molecule has 0 atom stereocenters. The summed E-state index contributed by atoms with van der Waals surface area (Å²) in [5, 5.41) is 20.1. The number of nitrogens with zero attached hydrogens (tertiary/aromatic N) is 2. The Bertz CT molecular complexity index is 718. The number of ether oxygens (including phenoxy) is 1. The Morgan fingerprint density at radius 3 is 2.65 bits per heavy atom. The normalized spacial score (nSPS) is 9.85. The number of rotatable bonds is 3. The minimum Gasteiger partial charge on any atom is -0.448 e. The van der Waals surface area contributed by atoms with Gasteiger partial charge in [0.1, 0.15) is 11.8 Å². The van der Waals surface area contributed by atoms with Crippen molar-refractivity contribution in [1.29, 1.82) is 5.26 Å². The molecule has 5 nitrogen and oxygen atoms in total. The minimum absolute atomic E-state index is 0.116. The lowest BCUT2D eigenvalue weighted by Gasteiger charge is -2.10. The number of nitro benzene ring substituents is 1. The highest BCUT2D eigenvalue weighted by atomic mass is 16.6. The molecule has 0 aliphatic carbocycles. The summed E-state index contributed by atoms with van der Waals surface area (Å²) in [6.45, 7) is 3.59. The first-order valence-corrected chi connectivity index (χ1v) is 5.95. The lowest BCUT2D eigenvalue weighted by molar-refractivity contribution is -0.385. The highest BCUT2D eigenvalue weighted by Crippen LogP contribution is 2.35. The van der Waals surface area contributed by atoms with E-state index in [1.54, 1.807) is 37.3 Å². The van der Waals surface area contributed by atoms with Crippen molar-refractivity contribution in [2.24, 2.45) is 0 Å². The zero-order chi connectivity index (χ0) is 14.7. The smallest absolute Gasteiger partial charge is 0.311 e. The van der Waals surface area contributed by atoms with Gasteiger partial charge in [0.15, 0.2) is 0 Å². The third kappa shape index (κ3) is 2.59. The molecule has 0 amide bonds. The summed E-state index contributed by atoms with van der Waals surface area (Å²) in [6.07, 6.45) is 0. The predicted molar refractivity (Wildman–Crippen MR) is 73.8 cm³/mol. The maximum absolute atomic E-state index is 11.0. The van der Waals surface area contributed by atoms with Crippen LogP contribution in [0.15, 0.2) is 36.4 Å². The molecule has 100 valence electrons. The molecule has 0 aliphatic rings. The monoisotopic (exact) mass is 268 g/mol. The van der Waals surface area contributed by atoms with Crippen LogP contribution in [0.2, 0.25) is 0 Å². The van der Waals surface area contributed by atoms with E-state index >= 15 is 0 Å². The predicted octanol–water partition coefficient (Wildman–Crippen LogP) is 3.88. The van der Waals surface area contributed by atoms with E-state index in [1.807, 2.05) is 13.0 Å². The van der Waals surface area contributed by atoms with Gasteiger partial charge < -0.3 is 4.74 Å². The van der Waals surface area contributed by atoms with E-state index in [4.69, 9.17) is 10.00 Å². The van der Waals surface area contributed by atoms with Gasteiger partial charge in [-0.3, -0.25) is 10.1 Å². The summed E-state index contributed by atoms with van der Waals surface area (Å²) in [5.74, 6) is 0.480. The third-order valence-corrected chi connectivity index (χ3v) is 2.86. The SMILES string of the molecule is Cc1ccc(Oc2c(C)cccc2[N+](=O)[O-])c(C#N)c1. The second kappa shape index (κ2) is 5.41. The molecule has 2 rings (SSSR count). The van der Waals surface area contributed by atoms with Gasteiger partial charge in [-0.2, -0.15) is 5.26 Å².